The van der Waals surface area contributed by atoms with Crippen LogP contribution in [-0.4, -0.2) is 25.1 Å². The summed E-state index contributed by atoms with van der Waals surface area (Å²) < 4.78 is 1.42. The van der Waals surface area contributed by atoms with E-state index in [2.05, 4.69) is 61.8 Å². The Hall–Kier alpha value is -6.23. The third-order valence-electron chi connectivity index (χ3n) is 9.04. The Bertz CT molecular complexity index is 2630. The van der Waals surface area contributed by atoms with Crippen LogP contribution in [0.15, 0.2) is 122 Å². The zero-order valence-corrected chi connectivity index (χ0v) is 30.8. The first kappa shape index (κ1) is 36.6. The van der Waals surface area contributed by atoms with Gasteiger partial charge in [0, 0.05) is 28.5 Å². The number of phenolic OH excluding ortho intramolecular Hbond substituents is 2. The van der Waals surface area contributed by atoms with Crippen molar-refractivity contribution in [2.45, 2.75) is 41.5 Å². The van der Waals surface area contributed by atoms with E-state index in [1.165, 1.54) is 16.1 Å². The minimum atomic E-state index is -0.128. The first-order chi connectivity index (χ1) is 25.0. The zero-order chi connectivity index (χ0) is 36.7. The molecular formula is C41H36CuN8O3. The van der Waals surface area contributed by atoms with E-state index in [-0.39, 0.29) is 51.5 Å². The van der Waals surface area contributed by atoms with Gasteiger partial charge in [0.05, 0.1) is 28.4 Å². The number of aromatic nitrogens is 2. The molecule has 0 aliphatic heterocycles. The summed E-state index contributed by atoms with van der Waals surface area (Å²) in [7, 11) is 0. The molecule has 53 heavy (non-hydrogen) atoms. The third kappa shape index (κ3) is 7.28. The van der Waals surface area contributed by atoms with Crippen molar-refractivity contribution in [2.24, 2.45) is 30.7 Å². The number of hydrogen-bond donors (Lipinski definition) is 3. The van der Waals surface area contributed by atoms with E-state index < -0.39 is 0 Å². The van der Waals surface area contributed by atoms with Crippen LogP contribution in [0.4, 0.5) is 34.1 Å². The minimum Gasteiger partial charge on any atom is -0.506 e. The summed E-state index contributed by atoms with van der Waals surface area (Å²) in [5.41, 5.74) is 8.37. The Kier molecular flexibility index (Phi) is 10.2. The number of aryl methyl sites for hydroxylation is 6. The van der Waals surface area contributed by atoms with Gasteiger partial charge in [0.25, 0.3) is 0 Å². The topological polar surface area (TPSA) is 153 Å². The second kappa shape index (κ2) is 14.8. The quantitative estimate of drug-likeness (QED) is 0.110. The molecule has 11 nitrogen and oxygen atoms in total. The van der Waals surface area contributed by atoms with Gasteiger partial charge in [-0.25, -0.2) is 0 Å². The van der Waals surface area contributed by atoms with E-state index in [1.54, 1.807) is 25.1 Å². The molecule has 7 rings (SSSR count). The van der Waals surface area contributed by atoms with Crippen LogP contribution in [0.5, 0.6) is 17.4 Å². The fraction of sp³-hybridized carbons (Fsp3) is 0.146. The predicted molar refractivity (Wildman–Crippen MR) is 204 cm³/mol. The van der Waals surface area contributed by atoms with Crippen LogP contribution >= 0.6 is 0 Å². The Morgan fingerprint density at radius 3 is 2.00 bits per heavy atom. The number of benzene rings is 6. The monoisotopic (exact) mass is 751 g/mol. The molecule has 269 valence electrons. The van der Waals surface area contributed by atoms with Crippen LogP contribution in [0.1, 0.15) is 33.5 Å². The van der Waals surface area contributed by atoms with Crippen molar-refractivity contribution in [1.82, 2.24) is 9.78 Å². The van der Waals surface area contributed by atoms with E-state index in [0.717, 1.165) is 38.7 Å². The van der Waals surface area contributed by atoms with Crippen LogP contribution in [-0.2, 0) is 17.1 Å². The molecule has 0 saturated carbocycles. The van der Waals surface area contributed by atoms with Crippen molar-refractivity contribution in [2.75, 3.05) is 0 Å². The number of fused-ring (bicyclic) bond motifs is 2. The molecule has 0 aliphatic carbocycles. The molecule has 0 unspecified atom stereocenters. The fourth-order valence-electron chi connectivity index (χ4n) is 6.11. The number of aromatic hydroxyl groups is 3. The van der Waals surface area contributed by atoms with Crippen LogP contribution in [0.3, 0.4) is 0 Å². The zero-order valence-electron chi connectivity index (χ0n) is 29.9. The first-order valence-electron chi connectivity index (χ1n) is 16.7. The Balaban J connectivity index is 0.00000481. The fourth-order valence-corrected chi connectivity index (χ4v) is 6.11. The number of rotatable bonds is 7. The second-order valence-electron chi connectivity index (χ2n) is 13.0. The molecule has 1 heterocycles. The standard InChI is InChI=1S/C41H36N8O3.Cu/c1-22-10-14-31(15-11-22)49-41(52)39(27(6)48-49)47-42-29-13-12-28-16-26(5)38(40(51)34(28)19-29)46-45-36-18-25(4)35(21-37(36)50)44-43-30-17-24(3)32-9-7-8-23(2)33(32)20-30;/h7-21,50-52H,1-6H3;. The number of hydrogen-bond acceptors (Lipinski definition) is 10. The van der Waals surface area contributed by atoms with Crippen molar-refractivity contribution in [3.8, 4) is 23.1 Å². The molecule has 0 fully saturated rings. The predicted octanol–water partition coefficient (Wildman–Crippen LogP) is 12.4. The third-order valence-corrected chi connectivity index (χ3v) is 9.04. The van der Waals surface area contributed by atoms with Gasteiger partial charge in [0.1, 0.15) is 17.1 Å². The van der Waals surface area contributed by atoms with E-state index in [0.29, 0.717) is 33.7 Å². The minimum absolute atomic E-state index is 0. The Labute approximate surface area is 316 Å². The van der Waals surface area contributed by atoms with E-state index in [4.69, 9.17) is 0 Å². The van der Waals surface area contributed by atoms with Crippen LogP contribution in [0.25, 0.3) is 27.2 Å². The first-order valence-corrected chi connectivity index (χ1v) is 16.7. The molecule has 0 bridgehead atoms. The summed E-state index contributed by atoms with van der Waals surface area (Å²) >= 11 is 0. The van der Waals surface area contributed by atoms with E-state index >= 15 is 0 Å². The van der Waals surface area contributed by atoms with Crippen LogP contribution < -0.4 is 0 Å². The molecule has 6 aromatic carbocycles. The van der Waals surface area contributed by atoms with Gasteiger partial charge < -0.3 is 15.3 Å². The Morgan fingerprint density at radius 2 is 1.23 bits per heavy atom. The largest absolute Gasteiger partial charge is 0.506 e. The second-order valence-corrected chi connectivity index (χ2v) is 13.0. The van der Waals surface area contributed by atoms with Gasteiger partial charge in [0.2, 0.25) is 5.88 Å². The average molecular weight is 752 g/mol. The summed E-state index contributed by atoms with van der Waals surface area (Å²) in [6.07, 6.45) is 0. The van der Waals surface area contributed by atoms with E-state index in [1.807, 2.05) is 75.4 Å². The van der Waals surface area contributed by atoms with Crippen molar-refractivity contribution >= 4 is 55.7 Å². The number of azo groups is 3. The molecule has 0 atom stereocenters. The van der Waals surface area contributed by atoms with Gasteiger partial charge in [-0.1, -0.05) is 42.0 Å². The van der Waals surface area contributed by atoms with Crippen molar-refractivity contribution in [3.63, 3.8) is 0 Å². The summed E-state index contributed by atoms with van der Waals surface area (Å²) in [4.78, 5) is 0. The van der Waals surface area contributed by atoms with Crippen LogP contribution in [0, 0.1) is 41.5 Å². The summed E-state index contributed by atoms with van der Waals surface area (Å²) in [5, 5.41) is 67.2. The summed E-state index contributed by atoms with van der Waals surface area (Å²) in [6.45, 7) is 11.5. The van der Waals surface area contributed by atoms with E-state index in [9.17, 15) is 15.3 Å². The van der Waals surface area contributed by atoms with Crippen molar-refractivity contribution < 1.29 is 32.4 Å². The molecule has 7 aromatic rings. The van der Waals surface area contributed by atoms with Crippen molar-refractivity contribution in [1.29, 1.82) is 0 Å². The van der Waals surface area contributed by atoms with Gasteiger partial charge in [0.15, 0.2) is 11.4 Å². The molecule has 0 saturated heterocycles. The maximum absolute atomic E-state index is 11.3. The van der Waals surface area contributed by atoms with Gasteiger partial charge >= 0.3 is 0 Å². The van der Waals surface area contributed by atoms with Gasteiger partial charge in [-0.05, 0) is 128 Å². The molecule has 0 spiro atoms. The van der Waals surface area contributed by atoms with Gasteiger partial charge in [-0.3, -0.25) is 0 Å². The molecule has 0 amide bonds. The molecule has 0 aliphatic rings. The average Bonchev–Trinajstić information content (AvgIpc) is 3.40. The molecular weight excluding hydrogens is 716 g/mol. The molecule has 1 aromatic heterocycles. The SMILES string of the molecule is Cc1ccc(-n2nc(C)c(N=Nc3ccc4cc(C)c(N=Nc5cc(C)c(N=Nc6cc(C)c7cccc(C)c7c6)cc5O)c(O)c4c3)c2O)cc1.[Cu]. The van der Waals surface area contributed by atoms with Crippen LogP contribution in [0.2, 0.25) is 0 Å². The molecule has 1 radical (unpaired) electrons. The van der Waals surface area contributed by atoms with Gasteiger partial charge in [-0.15, -0.1) is 15.3 Å². The number of nitrogens with zero attached hydrogens (tertiary/aromatic N) is 8. The normalized spacial score (nSPS) is 11.8. The Morgan fingerprint density at radius 1 is 0.528 bits per heavy atom. The molecule has 3 N–H and O–H groups in total. The summed E-state index contributed by atoms with van der Waals surface area (Å²) in [5.74, 6) is -0.347. The maximum Gasteiger partial charge on any atom is 0.243 e. The summed E-state index contributed by atoms with van der Waals surface area (Å²) in [6, 6.07) is 28.1. The van der Waals surface area contributed by atoms with Gasteiger partial charge in [-0.2, -0.15) is 25.1 Å². The smallest absolute Gasteiger partial charge is 0.243 e. The number of phenols is 2. The van der Waals surface area contributed by atoms with Crippen molar-refractivity contribution in [3.05, 3.63) is 125 Å². The maximum atomic E-state index is 11.3. The molecule has 12 heteroatoms.